The summed E-state index contributed by atoms with van der Waals surface area (Å²) in [6.45, 7) is 5.13. The zero-order chi connectivity index (χ0) is 14.1. The van der Waals surface area contributed by atoms with Crippen molar-refractivity contribution in [1.29, 1.82) is 0 Å². The van der Waals surface area contributed by atoms with Gasteiger partial charge in [0.1, 0.15) is 0 Å². The van der Waals surface area contributed by atoms with Crippen LogP contribution in [0.2, 0.25) is 0 Å². The molecule has 2 fully saturated rings. The van der Waals surface area contributed by atoms with Gasteiger partial charge in [0.2, 0.25) is 0 Å². The third-order valence-electron chi connectivity index (χ3n) is 6.06. The molecule has 2 aliphatic heterocycles. The van der Waals surface area contributed by atoms with Crippen LogP contribution in [0.3, 0.4) is 0 Å². The molecule has 21 heavy (non-hydrogen) atoms. The van der Waals surface area contributed by atoms with E-state index in [2.05, 4.69) is 34.5 Å². The van der Waals surface area contributed by atoms with E-state index in [1.807, 2.05) is 0 Å². The van der Waals surface area contributed by atoms with Crippen LogP contribution in [0.1, 0.15) is 50.0 Å². The van der Waals surface area contributed by atoms with Gasteiger partial charge in [-0.1, -0.05) is 37.5 Å². The van der Waals surface area contributed by atoms with Crippen LogP contribution in [0, 0.1) is 11.8 Å². The fraction of sp³-hybridized carbons (Fsp3) is 0.684. The van der Waals surface area contributed by atoms with E-state index in [0.717, 1.165) is 24.3 Å². The Labute approximate surface area is 128 Å². The van der Waals surface area contributed by atoms with Crippen LogP contribution in [0.4, 0.5) is 5.69 Å². The second kappa shape index (κ2) is 6.00. The first-order valence-corrected chi connectivity index (χ1v) is 8.95. The number of para-hydroxylation sites is 1. The summed E-state index contributed by atoms with van der Waals surface area (Å²) in [6.07, 6.45) is 8.71. The average Bonchev–Trinajstić information content (AvgIpc) is 2.55. The molecular formula is C19H28N2. The van der Waals surface area contributed by atoms with Crippen LogP contribution in [0.25, 0.3) is 0 Å². The van der Waals surface area contributed by atoms with Crippen molar-refractivity contribution < 1.29 is 0 Å². The van der Waals surface area contributed by atoms with Gasteiger partial charge in [-0.15, -0.1) is 0 Å². The molecule has 1 aliphatic carbocycles. The van der Waals surface area contributed by atoms with Crippen LogP contribution >= 0.6 is 0 Å². The quantitative estimate of drug-likeness (QED) is 0.879. The monoisotopic (exact) mass is 284 g/mol. The lowest BCUT2D eigenvalue weighted by atomic mass is 9.75. The van der Waals surface area contributed by atoms with Gasteiger partial charge in [-0.05, 0) is 49.3 Å². The molecule has 2 heterocycles. The molecule has 1 aromatic rings. The lowest BCUT2D eigenvalue weighted by molar-refractivity contribution is 0.0818. The molecule has 0 aromatic heterocycles. The molecular weight excluding hydrogens is 256 g/mol. The molecule has 1 N–H and O–H groups in total. The van der Waals surface area contributed by atoms with Crippen LogP contribution in [0.5, 0.6) is 0 Å². The van der Waals surface area contributed by atoms with Gasteiger partial charge in [0.15, 0.2) is 0 Å². The van der Waals surface area contributed by atoms with E-state index in [0.29, 0.717) is 0 Å². The molecule has 0 radical (unpaired) electrons. The standard InChI is InChI=1S/C19H28N2/c1-2-6-16-13-21(12-10-15(16)5-1)14-17-9-11-20-19-8-4-3-7-18(17)19/h3-4,7-8,15-17,20H,1-2,5-6,9-14H2. The Bertz CT molecular complexity index is 484. The van der Waals surface area contributed by atoms with Gasteiger partial charge in [0.05, 0.1) is 0 Å². The minimum absolute atomic E-state index is 0.739. The highest BCUT2D eigenvalue weighted by atomic mass is 15.1. The van der Waals surface area contributed by atoms with E-state index in [1.54, 1.807) is 5.56 Å². The highest BCUT2D eigenvalue weighted by molar-refractivity contribution is 5.54. The zero-order valence-electron chi connectivity index (χ0n) is 13.1. The third-order valence-corrected chi connectivity index (χ3v) is 6.06. The van der Waals surface area contributed by atoms with Crippen molar-refractivity contribution in [3.05, 3.63) is 29.8 Å². The Kier molecular flexibility index (Phi) is 3.89. The molecule has 114 valence electrons. The molecule has 0 spiro atoms. The van der Waals surface area contributed by atoms with Crippen molar-refractivity contribution in [3.63, 3.8) is 0 Å². The van der Waals surface area contributed by atoms with Gasteiger partial charge in [0, 0.05) is 31.2 Å². The maximum atomic E-state index is 3.56. The summed E-state index contributed by atoms with van der Waals surface area (Å²) in [5.74, 6) is 2.79. The molecule has 1 saturated heterocycles. The number of hydrogen-bond acceptors (Lipinski definition) is 2. The Morgan fingerprint density at radius 1 is 1.00 bits per heavy atom. The van der Waals surface area contributed by atoms with Crippen molar-refractivity contribution in [2.75, 3.05) is 31.5 Å². The highest BCUT2D eigenvalue weighted by Crippen LogP contribution is 2.38. The van der Waals surface area contributed by atoms with Crippen molar-refractivity contribution >= 4 is 5.69 Å². The summed E-state index contributed by atoms with van der Waals surface area (Å²) in [4.78, 5) is 2.78. The molecule has 1 aromatic carbocycles. The Morgan fingerprint density at radius 2 is 1.86 bits per heavy atom. The minimum atomic E-state index is 0.739. The van der Waals surface area contributed by atoms with Crippen molar-refractivity contribution in [2.24, 2.45) is 11.8 Å². The lowest BCUT2D eigenvalue weighted by Gasteiger charge is -2.43. The molecule has 3 aliphatic rings. The Balaban J connectivity index is 1.43. The van der Waals surface area contributed by atoms with Crippen molar-refractivity contribution in [2.45, 2.75) is 44.4 Å². The van der Waals surface area contributed by atoms with E-state index in [1.165, 1.54) is 63.8 Å². The predicted molar refractivity (Wildman–Crippen MR) is 88.8 cm³/mol. The van der Waals surface area contributed by atoms with Gasteiger partial charge in [-0.3, -0.25) is 0 Å². The largest absolute Gasteiger partial charge is 0.385 e. The normalized spacial score (nSPS) is 32.9. The van der Waals surface area contributed by atoms with Crippen molar-refractivity contribution in [3.8, 4) is 0 Å². The molecule has 3 unspecified atom stereocenters. The van der Waals surface area contributed by atoms with Gasteiger partial charge in [0.25, 0.3) is 0 Å². The van der Waals surface area contributed by atoms with E-state index < -0.39 is 0 Å². The van der Waals surface area contributed by atoms with Crippen LogP contribution < -0.4 is 5.32 Å². The molecule has 1 saturated carbocycles. The molecule has 2 nitrogen and oxygen atoms in total. The third kappa shape index (κ3) is 2.83. The summed E-state index contributed by atoms with van der Waals surface area (Å²) in [5.41, 5.74) is 2.93. The first kappa shape index (κ1) is 13.6. The van der Waals surface area contributed by atoms with Gasteiger partial charge >= 0.3 is 0 Å². The SMILES string of the molecule is c1ccc2c(c1)NCCC2CN1CCC2CCCCC2C1. The summed E-state index contributed by atoms with van der Waals surface area (Å²) in [6, 6.07) is 8.93. The predicted octanol–water partition coefficient (Wildman–Crippen LogP) is 4.10. The number of piperidine rings is 1. The van der Waals surface area contributed by atoms with Gasteiger partial charge in [-0.25, -0.2) is 0 Å². The van der Waals surface area contributed by atoms with Crippen LogP contribution in [-0.2, 0) is 0 Å². The molecule has 0 bridgehead atoms. The highest BCUT2D eigenvalue weighted by Gasteiger charge is 2.32. The number of benzene rings is 1. The van der Waals surface area contributed by atoms with Crippen LogP contribution in [-0.4, -0.2) is 31.1 Å². The molecule has 2 heteroatoms. The maximum Gasteiger partial charge on any atom is 0.0376 e. The first-order chi connectivity index (χ1) is 10.4. The number of fused-ring (bicyclic) bond motifs is 2. The van der Waals surface area contributed by atoms with E-state index >= 15 is 0 Å². The number of rotatable bonds is 2. The second-order valence-electron chi connectivity index (χ2n) is 7.35. The van der Waals surface area contributed by atoms with Gasteiger partial charge < -0.3 is 10.2 Å². The van der Waals surface area contributed by atoms with Crippen LogP contribution in [0.15, 0.2) is 24.3 Å². The lowest BCUT2D eigenvalue weighted by Crippen LogP contribution is -2.43. The van der Waals surface area contributed by atoms with E-state index in [4.69, 9.17) is 0 Å². The smallest absolute Gasteiger partial charge is 0.0376 e. The number of hydrogen-bond donors (Lipinski definition) is 1. The van der Waals surface area contributed by atoms with Crippen molar-refractivity contribution in [1.82, 2.24) is 4.90 Å². The van der Waals surface area contributed by atoms with E-state index in [9.17, 15) is 0 Å². The van der Waals surface area contributed by atoms with Gasteiger partial charge in [-0.2, -0.15) is 0 Å². The minimum Gasteiger partial charge on any atom is -0.385 e. The molecule has 4 rings (SSSR count). The number of nitrogens with one attached hydrogen (secondary N) is 1. The first-order valence-electron chi connectivity index (χ1n) is 8.95. The summed E-state index contributed by atoms with van der Waals surface area (Å²) in [5, 5.41) is 3.56. The zero-order valence-corrected chi connectivity index (χ0v) is 13.1. The number of anilines is 1. The number of likely N-dealkylation sites (tertiary alicyclic amines) is 1. The van der Waals surface area contributed by atoms with E-state index in [-0.39, 0.29) is 0 Å². The average molecular weight is 284 g/mol. The molecule has 3 atom stereocenters. The Hall–Kier alpha value is -1.02. The Morgan fingerprint density at radius 3 is 2.81 bits per heavy atom. The molecule has 0 amide bonds. The fourth-order valence-electron chi connectivity index (χ4n) is 4.89. The fourth-order valence-corrected chi connectivity index (χ4v) is 4.89. The maximum absolute atomic E-state index is 3.56. The number of nitrogens with zero attached hydrogens (tertiary/aromatic N) is 1. The summed E-state index contributed by atoms with van der Waals surface area (Å²) >= 11 is 0. The topological polar surface area (TPSA) is 15.3 Å². The second-order valence-corrected chi connectivity index (χ2v) is 7.35. The summed E-state index contributed by atoms with van der Waals surface area (Å²) in [7, 11) is 0. The summed E-state index contributed by atoms with van der Waals surface area (Å²) < 4.78 is 0.